The fraction of sp³-hybridized carbons (Fsp3) is 0.214. The van der Waals surface area contributed by atoms with E-state index in [2.05, 4.69) is 20.9 Å². The molecule has 112 valence electrons. The monoisotopic (exact) mass is 360 g/mol. The number of aliphatic hydroxyl groups is 1. The second-order valence-electron chi connectivity index (χ2n) is 4.50. The molecule has 1 unspecified atom stereocenters. The first-order valence-electron chi connectivity index (χ1n) is 6.03. The molecule has 1 aromatic heterocycles. The van der Waals surface area contributed by atoms with Gasteiger partial charge in [0.15, 0.2) is 0 Å². The molecule has 1 atom stereocenters. The van der Waals surface area contributed by atoms with Crippen LogP contribution in [-0.4, -0.2) is 10.1 Å². The van der Waals surface area contributed by atoms with E-state index < -0.39 is 17.8 Å². The van der Waals surface area contributed by atoms with Crippen molar-refractivity contribution in [3.05, 3.63) is 57.7 Å². The predicted molar refractivity (Wildman–Crippen MR) is 76.5 cm³/mol. The van der Waals surface area contributed by atoms with Gasteiger partial charge < -0.3 is 10.8 Å². The van der Waals surface area contributed by atoms with Gasteiger partial charge >= 0.3 is 6.18 Å². The van der Waals surface area contributed by atoms with Gasteiger partial charge in [0.2, 0.25) is 0 Å². The quantitative estimate of drug-likeness (QED) is 0.876. The van der Waals surface area contributed by atoms with Gasteiger partial charge in [-0.25, -0.2) is 4.98 Å². The Kier molecular flexibility index (Phi) is 4.53. The first-order chi connectivity index (χ1) is 9.79. The van der Waals surface area contributed by atoms with E-state index in [-0.39, 0.29) is 17.8 Å². The van der Waals surface area contributed by atoms with Crippen molar-refractivity contribution < 1.29 is 18.3 Å². The Labute approximate surface area is 127 Å². The summed E-state index contributed by atoms with van der Waals surface area (Å²) in [6.45, 7) is 0. The van der Waals surface area contributed by atoms with E-state index >= 15 is 0 Å². The van der Waals surface area contributed by atoms with E-state index in [1.807, 2.05) is 0 Å². The van der Waals surface area contributed by atoms with Crippen LogP contribution in [-0.2, 0) is 12.6 Å². The lowest BCUT2D eigenvalue weighted by Crippen LogP contribution is -2.14. The van der Waals surface area contributed by atoms with Crippen LogP contribution in [0.3, 0.4) is 0 Å². The van der Waals surface area contributed by atoms with Crippen molar-refractivity contribution in [3.63, 3.8) is 0 Å². The smallest absolute Gasteiger partial charge is 0.388 e. The summed E-state index contributed by atoms with van der Waals surface area (Å²) >= 11 is 3.00. The summed E-state index contributed by atoms with van der Waals surface area (Å²) < 4.78 is 39.4. The second-order valence-corrected chi connectivity index (χ2v) is 5.41. The Morgan fingerprint density at radius 3 is 2.62 bits per heavy atom. The number of halogens is 4. The summed E-state index contributed by atoms with van der Waals surface area (Å²) in [5.41, 5.74) is 5.09. The molecule has 7 heteroatoms. The SMILES string of the molecule is Nc1ncccc1CC(O)c1ccc(Br)cc1C(F)(F)F. The highest BCUT2D eigenvalue weighted by molar-refractivity contribution is 9.10. The zero-order valence-electron chi connectivity index (χ0n) is 10.7. The molecule has 3 N–H and O–H groups in total. The highest BCUT2D eigenvalue weighted by Crippen LogP contribution is 2.37. The van der Waals surface area contributed by atoms with E-state index in [0.29, 0.717) is 10.0 Å². The number of anilines is 1. The third-order valence-electron chi connectivity index (χ3n) is 3.02. The number of benzene rings is 1. The van der Waals surface area contributed by atoms with Crippen molar-refractivity contribution in [1.82, 2.24) is 4.98 Å². The molecule has 0 saturated heterocycles. The molecular weight excluding hydrogens is 349 g/mol. The van der Waals surface area contributed by atoms with Gasteiger partial charge in [-0.15, -0.1) is 0 Å². The maximum Gasteiger partial charge on any atom is 0.416 e. The van der Waals surface area contributed by atoms with Crippen LogP contribution in [0.15, 0.2) is 41.0 Å². The Hall–Kier alpha value is -1.60. The van der Waals surface area contributed by atoms with E-state index in [0.717, 1.165) is 6.07 Å². The average molecular weight is 361 g/mol. The maximum atomic E-state index is 13.0. The molecule has 0 radical (unpaired) electrons. The van der Waals surface area contributed by atoms with Crippen molar-refractivity contribution in [2.24, 2.45) is 0 Å². The maximum absolute atomic E-state index is 13.0. The number of aromatic nitrogens is 1. The van der Waals surface area contributed by atoms with Crippen LogP contribution in [0.5, 0.6) is 0 Å². The molecule has 1 heterocycles. The Morgan fingerprint density at radius 1 is 1.29 bits per heavy atom. The molecule has 0 aliphatic heterocycles. The summed E-state index contributed by atoms with van der Waals surface area (Å²) in [6, 6.07) is 6.90. The lowest BCUT2D eigenvalue weighted by Gasteiger charge is -2.18. The minimum absolute atomic E-state index is 0.0373. The molecule has 2 aromatic rings. The number of nitrogen functional groups attached to an aromatic ring is 1. The lowest BCUT2D eigenvalue weighted by molar-refractivity contribution is -0.139. The molecule has 0 aliphatic rings. The average Bonchev–Trinajstić information content (AvgIpc) is 2.40. The summed E-state index contributed by atoms with van der Waals surface area (Å²) in [5.74, 6) is 0.197. The Bertz CT molecular complexity index is 646. The van der Waals surface area contributed by atoms with Crippen LogP contribution >= 0.6 is 15.9 Å². The molecule has 0 aliphatic carbocycles. The van der Waals surface area contributed by atoms with Gasteiger partial charge in [0.1, 0.15) is 5.82 Å². The highest BCUT2D eigenvalue weighted by Gasteiger charge is 2.35. The number of pyridine rings is 1. The summed E-state index contributed by atoms with van der Waals surface area (Å²) in [6.07, 6.45) is -4.42. The molecular formula is C14H12BrF3N2O. The molecule has 0 bridgehead atoms. The van der Waals surface area contributed by atoms with Crippen molar-refractivity contribution in [2.75, 3.05) is 5.73 Å². The number of alkyl halides is 3. The molecule has 0 amide bonds. The van der Waals surface area contributed by atoms with Gasteiger partial charge in [0, 0.05) is 17.1 Å². The molecule has 3 nitrogen and oxygen atoms in total. The van der Waals surface area contributed by atoms with E-state index in [4.69, 9.17) is 5.73 Å². The number of aliphatic hydroxyl groups excluding tert-OH is 1. The van der Waals surface area contributed by atoms with Crippen LogP contribution in [0, 0.1) is 0 Å². The summed E-state index contributed by atoms with van der Waals surface area (Å²) in [7, 11) is 0. The first-order valence-corrected chi connectivity index (χ1v) is 6.82. The normalized spacial score (nSPS) is 13.2. The summed E-state index contributed by atoms with van der Waals surface area (Å²) in [4.78, 5) is 3.85. The standard InChI is InChI=1S/C14H12BrF3N2O/c15-9-3-4-10(11(7-9)14(16,17)18)12(21)6-8-2-1-5-20-13(8)19/h1-5,7,12,21H,6H2,(H2,19,20). The Morgan fingerprint density at radius 2 is 2.00 bits per heavy atom. The van der Waals surface area contributed by atoms with E-state index in [1.165, 1.54) is 18.3 Å². The fourth-order valence-corrected chi connectivity index (χ4v) is 2.37. The zero-order chi connectivity index (χ0) is 15.6. The van der Waals surface area contributed by atoms with Crippen molar-refractivity contribution >= 4 is 21.7 Å². The number of hydrogen-bond donors (Lipinski definition) is 2. The van der Waals surface area contributed by atoms with Crippen LogP contribution in [0.4, 0.5) is 19.0 Å². The van der Waals surface area contributed by atoms with Crippen LogP contribution in [0.2, 0.25) is 0 Å². The first kappa shape index (κ1) is 15.8. The van der Waals surface area contributed by atoms with Crippen molar-refractivity contribution in [2.45, 2.75) is 18.7 Å². The molecule has 21 heavy (non-hydrogen) atoms. The topological polar surface area (TPSA) is 59.1 Å². The van der Waals surface area contributed by atoms with Crippen molar-refractivity contribution in [1.29, 1.82) is 0 Å². The second kappa shape index (κ2) is 6.03. The Balaban J connectivity index is 2.36. The largest absolute Gasteiger partial charge is 0.416 e. The lowest BCUT2D eigenvalue weighted by atomic mass is 9.97. The van der Waals surface area contributed by atoms with E-state index in [9.17, 15) is 18.3 Å². The number of hydrogen-bond acceptors (Lipinski definition) is 3. The predicted octanol–water partition coefficient (Wildman–Crippen LogP) is 3.72. The number of rotatable bonds is 3. The van der Waals surface area contributed by atoms with Crippen LogP contribution < -0.4 is 5.73 Å². The zero-order valence-corrected chi connectivity index (χ0v) is 12.3. The minimum atomic E-state index is -4.54. The molecule has 1 aromatic carbocycles. The van der Waals surface area contributed by atoms with Crippen molar-refractivity contribution in [3.8, 4) is 0 Å². The molecule has 0 saturated carbocycles. The third-order valence-corrected chi connectivity index (χ3v) is 3.51. The van der Waals surface area contributed by atoms with Gasteiger partial charge in [-0.05, 0) is 29.3 Å². The van der Waals surface area contributed by atoms with Gasteiger partial charge in [0.05, 0.1) is 11.7 Å². The number of nitrogens with zero attached hydrogens (tertiary/aromatic N) is 1. The summed E-state index contributed by atoms with van der Waals surface area (Å²) in [5, 5.41) is 10.1. The van der Waals surface area contributed by atoms with Gasteiger partial charge in [-0.2, -0.15) is 13.2 Å². The van der Waals surface area contributed by atoms with E-state index in [1.54, 1.807) is 12.1 Å². The van der Waals surface area contributed by atoms with Crippen LogP contribution in [0.1, 0.15) is 22.8 Å². The fourth-order valence-electron chi connectivity index (χ4n) is 2.01. The minimum Gasteiger partial charge on any atom is -0.388 e. The number of nitrogens with two attached hydrogens (primary N) is 1. The van der Waals surface area contributed by atoms with Crippen LogP contribution in [0.25, 0.3) is 0 Å². The molecule has 2 rings (SSSR count). The highest BCUT2D eigenvalue weighted by atomic mass is 79.9. The van der Waals surface area contributed by atoms with Gasteiger partial charge in [-0.1, -0.05) is 28.1 Å². The third kappa shape index (κ3) is 3.74. The van der Waals surface area contributed by atoms with Gasteiger partial charge in [-0.3, -0.25) is 0 Å². The molecule has 0 spiro atoms. The van der Waals surface area contributed by atoms with Gasteiger partial charge in [0.25, 0.3) is 0 Å². The molecule has 0 fully saturated rings.